The molecular weight excluding hydrogens is 102 g/mol. The zero-order valence-corrected chi connectivity index (χ0v) is 5.01. The highest BCUT2D eigenvalue weighted by atomic mass is 16.3. The van der Waals surface area contributed by atoms with Gasteiger partial charge in [0.25, 0.3) is 0 Å². The summed E-state index contributed by atoms with van der Waals surface area (Å²) in [5, 5.41) is 8.63. The molecule has 0 saturated heterocycles. The van der Waals surface area contributed by atoms with E-state index in [4.69, 9.17) is 10.8 Å². The minimum Gasteiger partial charge on any atom is -0.396 e. The number of aliphatic hydroxyl groups excluding tert-OH is 1. The summed E-state index contributed by atoms with van der Waals surface area (Å²) in [6, 6.07) is 0. The monoisotopic (exact) mass is 115 g/mol. The molecule has 2 atom stereocenters. The van der Waals surface area contributed by atoms with Gasteiger partial charge >= 0.3 is 0 Å². The second-order valence-corrected chi connectivity index (χ2v) is 2.52. The summed E-state index contributed by atoms with van der Waals surface area (Å²) in [6.07, 6.45) is 2.40. The van der Waals surface area contributed by atoms with Crippen LogP contribution >= 0.6 is 0 Å². The Balaban J connectivity index is 2.16. The lowest BCUT2D eigenvalue weighted by Crippen LogP contribution is -2.34. The molecule has 0 aromatic rings. The average Bonchev–Trinajstić information content (AvgIpc) is 1.66. The van der Waals surface area contributed by atoms with Crippen molar-refractivity contribution < 1.29 is 5.11 Å². The molecule has 3 N–H and O–H groups in total. The fourth-order valence-corrected chi connectivity index (χ4v) is 1.19. The first-order valence-electron chi connectivity index (χ1n) is 3.19. The maximum atomic E-state index is 8.63. The summed E-state index contributed by atoms with van der Waals surface area (Å²) in [5.74, 6) is 1.15. The molecule has 0 unspecified atom stereocenters. The standard InChI is InChI=1S/C6H13NO/c7-3-5-1-2-6(5)4-8/h5-6,8H,1-4,7H2/t5-,6-/m1/s1. The van der Waals surface area contributed by atoms with Crippen molar-refractivity contribution in [1.29, 1.82) is 0 Å². The van der Waals surface area contributed by atoms with Gasteiger partial charge in [0, 0.05) is 6.61 Å². The van der Waals surface area contributed by atoms with Gasteiger partial charge in [0.15, 0.2) is 0 Å². The topological polar surface area (TPSA) is 46.2 Å². The molecule has 0 radical (unpaired) electrons. The van der Waals surface area contributed by atoms with E-state index in [1.54, 1.807) is 0 Å². The van der Waals surface area contributed by atoms with Crippen LogP contribution in [0.1, 0.15) is 12.8 Å². The molecule has 2 nitrogen and oxygen atoms in total. The highest BCUT2D eigenvalue weighted by Gasteiger charge is 2.28. The maximum absolute atomic E-state index is 8.63. The predicted molar refractivity (Wildman–Crippen MR) is 32.4 cm³/mol. The smallest absolute Gasteiger partial charge is 0.0462 e. The molecule has 1 aliphatic carbocycles. The first kappa shape index (κ1) is 6.05. The lowest BCUT2D eigenvalue weighted by Gasteiger charge is -2.33. The van der Waals surface area contributed by atoms with Gasteiger partial charge in [-0.25, -0.2) is 0 Å². The van der Waals surface area contributed by atoms with Crippen LogP contribution in [0, 0.1) is 11.8 Å². The Hall–Kier alpha value is -0.0800. The Bertz CT molecular complexity index is 60.9. The molecular formula is C6H13NO. The van der Waals surface area contributed by atoms with Crippen molar-refractivity contribution in [1.82, 2.24) is 0 Å². The predicted octanol–water partition coefficient (Wildman–Crippen LogP) is -0.0364. The van der Waals surface area contributed by atoms with Gasteiger partial charge in [-0.3, -0.25) is 0 Å². The minimum absolute atomic E-state index is 0.335. The number of aliphatic hydroxyl groups is 1. The SMILES string of the molecule is NC[C@H]1CC[C@@H]1CO. The molecule has 1 fully saturated rings. The van der Waals surface area contributed by atoms with Gasteiger partial charge in [0.2, 0.25) is 0 Å². The van der Waals surface area contributed by atoms with Gasteiger partial charge in [-0.2, -0.15) is 0 Å². The van der Waals surface area contributed by atoms with Crippen molar-refractivity contribution in [3.63, 3.8) is 0 Å². The van der Waals surface area contributed by atoms with E-state index in [1.165, 1.54) is 12.8 Å². The number of hydrogen-bond acceptors (Lipinski definition) is 2. The van der Waals surface area contributed by atoms with E-state index in [0.29, 0.717) is 18.4 Å². The Morgan fingerprint density at radius 1 is 1.38 bits per heavy atom. The first-order valence-corrected chi connectivity index (χ1v) is 3.19. The summed E-state index contributed by atoms with van der Waals surface area (Å²) in [5.41, 5.74) is 5.39. The lowest BCUT2D eigenvalue weighted by molar-refractivity contribution is 0.0963. The van der Waals surface area contributed by atoms with Gasteiger partial charge in [-0.15, -0.1) is 0 Å². The van der Waals surface area contributed by atoms with E-state index in [2.05, 4.69) is 0 Å². The molecule has 0 aliphatic heterocycles. The minimum atomic E-state index is 0.335. The molecule has 48 valence electrons. The molecule has 1 aliphatic rings. The summed E-state index contributed by atoms with van der Waals surface area (Å²) < 4.78 is 0. The van der Waals surface area contributed by atoms with E-state index >= 15 is 0 Å². The van der Waals surface area contributed by atoms with Crippen LogP contribution in [0.4, 0.5) is 0 Å². The van der Waals surface area contributed by atoms with Crippen LogP contribution in [0.2, 0.25) is 0 Å². The van der Waals surface area contributed by atoms with Crippen molar-refractivity contribution in [2.75, 3.05) is 13.2 Å². The summed E-state index contributed by atoms with van der Waals surface area (Å²) in [4.78, 5) is 0. The van der Waals surface area contributed by atoms with Gasteiger partial charge in [-0.05, 0) is 31.2 Å². The zero-order chi connectivity index (χ0) is 5.98. The molecule has 1 saturated carbocycles. The third-order valence-corrected chi connectivity index (χ3v) is 2.11. The van der Waals surface area contributed by atoms with Crippen molar-refractivity contribution in [3.8, 4) is 0 Å². The van der Waals surface area contributed by atoms with Crippen LogP contribution in [0.5, 0.6) is 0 Å². The van der Waals surface area contributed by atoms with Crippen LogP contribution in [0.25, 0.3) is 0 Å². The number of rotatable bonds is 2. The second-order valence-electron chi connectivity index (χ2n) is 2.52. The van der Waals surface area contributed by atoms with Crippen LogP contribution in [-0.2, 0) is 0 Å². The zero-order valence-electron chi connectivity index (χ0n) is 5.01. The van der Waals surface area contributed by atoms with Crippen molar-refractivity contribution in [3.05, 3.63) is 0 Å². The Morgan fingerprint density at radius 2 is 2.00 bits per heavy atom. The van der Waals surface area contributed by atoms with Gasteiger partial charge < -0.3 is 10.8 Å². The fraction of sp³-hybridized carbons (Fsp3) is 1.00. The van der Waals surface area contributed by atoms with Gasteiger partial charge in [-0.1, -0.05) is 0 Å². The van der Waals surface area contributed by atoms with Crippen molar-refractivity contribution in [2.24, 2.45) is 17.6 Å². The van der Waals surface area contributed by atoms with Crippen molar-refractivity contribution in [2.45, 2.75) is 12.8 Å². The number of hydrogen-bond donors (Lipinski definition) is 2. The molecule has 0 bridgehead atoms. The van der Waals surface area contributed by atoms with Crippen LogP contribution in [0.15, 0.2) is 0 Å². The quantitative estimate of drug-likeness (QED) is 0.530. The first-order chi connectivity index (χ1) is 3.88. The molecule has 8 heavy (non-hydrogen) atoms. The molecule has 0 amide bonds. The van der Waals surface area contributed by atoms with Crippen LogP contribution in [0.3, 0.4) is 0 Å². The molecule has 0 aromatic carbocycles. The van der Waals surface area contributed by atoms with Crippen LogP contribution < -0.4 is 5.73 Å². The molecule has 0 heterocycles. The third-order valence-electron chi connectivity index (χ3n) is 2.11. The van der Waals surface area contributed by atoms with E-state index in [0.717, 1.165) is 6.54 Å². The van der Waals surface area contributed by atoms with Crippen molar-refractivity contribution >= 4 is 0 Å². The van der Waals surface area contributed by atoms with E-state index in [-0.39, 0.29) is 0 Å². The number of nitrogens with two attached hydrogens (primary N) is 1. The summed E-state index contributed by atoms with van der Waals surface area (Å²) in [7, 11) is 0. The second kappa shape index (κ2) is 2.46. The molecule has 1 rings (SSSR count). The lowest BCUT2D eigenvalue weighted by atomic mass is 9.74. The Labute approximate surface area is 49.7 Å². The van der Waals surface area contributed by atoms with Gasteiger partial charge in [0.05, 0.1) is 0 Å². The summed E-state index contributed by atoms with van der Waals surface area (Å²) >= 11 is 0. The van der Waals surface area contributed by atoms with Crippen LogP contribution in [-0.4, -0.2) is 18.3 Å². The fourth-order valence-electron chi connectivity index (χ4n) is 1.19. The molecule has 2 heteroatoms. The third kappa shape index (κ3) is 0.858. The largest absolute Gasteiger partial charge is 0.396 e. The van der Waals surface area contributed by atoms with Gasteiger partial charge in [0.1, 0.15) is 0 Å². The highest BCUT2D eigenvalue weighted by molar-refractivity contribution is 4.80. The van der Waals surface area contributed by atoms with E-state index < -0.39 is 0 Å². The molecule has 0 spiro atoms. The summed E-state index contributed by atoms with van der Waals surface area (Å²) in [6.45, 7) is 1.09. The van der Waals surface area contributed by atoms with E-state index in [1.807, 2.05) is 0 Å². The Morgan fingerprint density at radius 3 is 2.12 bits per heavy atom. The highest BCUT2D eigenvalue weighted by Crippen LogP contribution is 2.32. The maximum Gasteiger partial charge on any atom is 0.0462 e. The van der Waals surface area contributed by atoms with E-state index in [9.17, 15) is 0 Å². The Kier molecular flexibility index (Phi) is 1.86. The average molecular weight is 115 g/mol. The normalized spacial score (nSPS) is 36.8. The molecule has 0 aromatic heterocycles.